The first-order chi connectivity index (χ1) is 17.8. The van der Waals surface area contributed by atoms with Gasteiger partial charge in [0, 0.05) is 17.4 Å². The zero-order valence-electron chi connectivity index (χ0n) is 19.2. The van der Waals surface area contributed by atoms with Crippen molar-refractivity contribution < 1.29 is 45.0 Å². The van der Waals surface area contributed by atoms with Gasteiger partial charge < -0.3 is 25.4 Å². The second kappa shape index (κ2) is 11.7. The Morgan fingerprint density at radius 3 is 2.13 bits per heavy atom. The van der Waals surface area contributed by atoms with Gasteiger partial charge in [0.15, 0.2) is 6.61 Å². The Kier molecular flexibility index (Phi) is 8.65. The van der Waals surface area contributed by atoms with Crippen LogP contribution in [0.25, 0.3) is 0 Å². The minimum absolute atomic E-state index is 0.161. The van der Waals surface area contributed by atoms with Crippen molar-refractivity contribution in [1.82, 2.24) is 0 Å². The standard InChI is InChI=1S/C24H19F7N4O3/c1-32-21-11-17(37-12-22(36)35-15-4-8-18(19(25)10-15)23(26,27)28)7-9-20(21)34-13-33-14-2-5-16(6-3-14)38-24(29,30)31/h2-11,33-34H,1,12-13H2,(H,35,36). The number of anilines is 3. The zero-order valence-corrected chi connectivity index (χ0v) is 19.2. The van der Waals surface area contributed by atoms with Crippen molar-refractivity contribution in [3.05, 3.63) is 72.0 Å². The summed E-state index contributed by atoms with van der Waals surface area (Å²) in [5.74, 6) is -2.40. The van der Waals surface area contributed by atoms with Gasteiger partial charge in [-0.3, -0.25) is 9.79 Å². The maximum atomic E-state index is 13.7. The number of alkyl halides is 6. The average molecular weight is 544 g/mol. The molecule has 3 rings (SSSR count). The second-order valence-electron chi connectivity index (χ2n) is 7.47. The molecule has 1 amide bonds. The summed E-state index contributed by atoms with van der Waals surface area (Å²) in [6.45, 7) is 3.09. The van der Waals surface area contributed by atoms with E-state index in [2.05, 4.69) is 32.4 Å². The number of aliphatic imine (C=N–C) groups is 1. The molecule has 3 N–H and O–H groups in total. The predicted molar refractivity (Wildman–Crippen MR) is 126 cm³/mol. The molecule has 0 saturated carbocycles. The lowest BCUT2D eigenvalue weighted by Gasteiger charge is -2.14. The number of carbonyl (C=O) groups is 1. The van der Waals surface area contributed by atoms with Crippen molar-refractivity contribution in [2.45, 2.75) is 12.5 Å². The molecule has 0 aliphatic rings. The highest BCUT2D eigenvalue weighted by Gasteiger charge is 2.34. The summed E-state index contributed by atoms with van der Waals surface area (Å²) >= 11 is 0. The number of amides is 1. The smallest absolute Gasteiger partial charge is 0.484 e. The summed E-state index contributed by atoms with van der Waals surface area (Å²) in [6.07, 6.45) is -9.64. The van der Waals surface area contributed by atoms with E-state index in [1.54, 1.807) is 6.07 Å². The number of carbonyl (C=O) groups excluding carboxylic acids is 1. The molecule has 0 bridgehead atoms. The van der Waals surface area contributed by atoms with E-state index in [0.717, 1.165) is 18.2 Å². The monoisotopic (exact) mass is 544 g/mol. The van der Waals surface area contributed by atoms with Crippen LogP contribution in [0.4, 0.5) is 53.5 Å². The topological polar surface area (TPSA) is 84.0 Å². The van der Waals surface area contributed by atoms with Crippen LogP contribution in [0.1, 0.15) is 5.56 Å². The molecule has 38 heavy (non-hydrogen) atoms. The van der Waals surface area contributed by atoms with Crippen molar-refractivity contribution in [1.29, 1.82) is 0 Å². The number of halogens is 7. The first kappa shape index (κ1) is 28.1. The predicted octanol–water partition coefficient (Wildman–Crippen LogP) is 6.57. The van der Waals surface area contributed by atoms with E-state index in [1.807, 2.05) is 0 Å². The fourth-order valence-electron chi connectivity index (χ4n) is 3.07. The molecule has 0 aliphatic carbocycles. The van der Waals surface area contributed by atoms with Gasteiger partial charge in [-0.2, -0.15) is 13.2 Å². The van der Waals surface area contributed by atoms with E-state index >= 15 is 0 Å². The molecule has 0 spiro atoms. The molecule has 0 saturated heterocycles. The van der Waals surface area contributed by atoms with E-state index < -0.39 is 36.4 Å². The Morgan fingerprint density at radius 1 is 0.868 bits per heavy atom. The Bertz CT molecular complexity index is 1280. The van der Waals surface area contributed by atoms with Crippen LogP contribution in [0.5, 0.6) is 11.5 Å². The minimum atomic E-state index is -4.86. The van der Waals surface area contributed by atoms with Gasteiger partial charge >= 0.3 is 12.5 Å². The molecule has 0 aliphatic heterocycles. The number of benzene rings is 3. The van der Waals surface area contributed by atoms with Crippen LogP contribution in [-0.4, -0.2) is 32.3 Å². The largest absolute Gasteiger partial charge is 0.573 e. The molecule has 202 valence electrons. The lowest BCUT2D eigenvalue weighted by atomic mass is 10.2. The first-order valence-electron chi connectivity index (χ1n) is 10.6. The first-order valence-corrected chi connectivity index (χ1v) is 10.6. The van der Waals surface area contributed by atoms with Gasteiger partial charge in [-0.1, -0.05) is 0 Å². The SMILES string of the molecule is C=Nc1cc(OCC(=O)Nc2ccc(C(F)(F)F)c(F)c2)ccc1NCNc1ccc(OC(F)(F)F)cc1. The van der Waals surface area contributed by atoms with Crippen LogP contribution in [-0.2, 0) is 11.0 Å². The third-order valence-electron chi connectivity index (χ3n) is 4.73. The van der Waals surface area contributed by atoms with Crippen molar-refractivity contribution in [3.8, 4) is 11.5 Å². The van der Waals surface area contributed by atoms with Crippen LogP contribution in [0, 0.1) is 5.82 Å². The Hall–Kier alpha value is -4.49. The molecule has 0 unspecified atom stereocenters. The zero-order chi connectivity index (χ0) is 27.9. The van der Waals surface area contributed by atoms with E-state index in [0.29, 0.717) is 29.2 Å². The van der Waals surface area contributed by atoms with Crippen molar-refractivity contribution in [2.75, 3.05) is 29.2 Å². The molecule has 0 heterocycles. The molecule has 0 aromatic heterocycles. The molecule has 3 aromatic carbocycles. The normalized spacial score (nSPS) is 11.4. The summed E-state index contributed by atoms with van der Waals surface area (Å²) in [6, 6.07) is 11.6. The van der Waals surface area contributed by atoms with Crippen LogP contribution < -0.4 is 25.4 Å². The molecule has 0 fully saturated rings. The second-order valence-corrected chi connectivity index (χ2v) is 7.47. The minimum Gasteiger partial charge on any atom is -0.484 e. The van der Waals surface area contributed by atoms with E-state index in [1.165, 1.54) is 24.3 Å². The third-order valence-corrected chi connectivity index (χ3v) is 4.73. The summed E-state index contributed by atoms with van der Waals surface area (Å²) in [5.41, 5.74) is -0.246. The highest BCUT2D eigenvalue weighted by atomic mass is 19.4. The molecule has 7 nitrogen and oxygen atoms in total. The number of nitrogens with zero attached hydrogens (tertiary/aromatic N) is 1. The van der Waals surface area contributed by atoms with E-state index in [-0.39, 0.29) is 23.9 Å². The maximum Gasteiger partial charge on any atom is 0.573 e. The van der Waals surface area contributed by atoms with Crippen LogP contribution >= 0.6 is 0 Å². The van der Waals surface area contributed by atoms with Crippen LogP contribution in [0.3, 0.4) is 0 Å². The number of rotatable bonds is 10. The molecule has 0 radical (unpaired) electrons. The third kappa shape index (κ3) is 8.28. The van der Waals surface area contributed by atoms with Gasteiger partial charge in [0.1, 0.15) is 17.3 Å². The molecular formula is C24H19F7N4O3. The molecule has 3 aromatic rings. The number of hydrogen-bond donors (Lipinski definition) is 3. The van der Waals surface area contributed by atoms with Gasteiger partial charge in [-0.25, -0.2) is 4.39 Å². The van der Waals surface area contributed by atoms with Crippen molar-refractivity contribution in [3.63, 3.8) is 0 Å². The lowest BCUT2D eigenvalue weighted by Crippen LogP contribution is -2.20. The average Bonchev–Trinajstić information content (AvgIpc) is 2.82. The van der Waals surface area contributed by atoms with Crippen LogP contribution in [0.2, 0.25) is 0 Å². The number of ether oxygens (including phenoxy) is 2. The van der Waals surface area contributed by atoms with E-state index in [4.69, 9.17) is 4.74 Å². The van der Waals surface area contributed by atoms with Gasteiger partial charge in [-0.15, -0.1) is 13.2 Å². The summed E-state index contributed by atoms with van der Waals surface area (Å²) in [7, 11) is 0. The van der Waals surface area contributed by atoms with Gasteiger partial charge in [0.2, 0.25) is 0 Å². The molecule has 0 atom stereocenters. The molecule has 14 heteroatoms. The van der Waals surface area contributed by atoms with Crippen molar-refractivity contribution >= 4 is 35.4 Å². The number of nitrogens with one attached hydrogen (secondary N) is 3. The van der Waals surface area contributed by atoms with E-state index in [9.17, 15) is 35.5 Å². The Balaban J connectivity index is 1.51. The van der Waals surface area contributed by atoms with Crippen molar-refractivity contribution in [2.24, 2.45) is 4.99 Å². The van der Waals surface area contributed by atoms with Crippen LogP contribution in [0.15, 0.2) is 65.7 Å². The van der Waals surface area contributed by atoms with Gasteiger partial charge in [0.05, 0.1) is 23.6 Å². The highest BCUT2D eigenvalue weighted by molar-refractivity contribution is 5.92. The number of hydrogen-bond acceptors (Lipinski definition) is 6. The lowest BCUT2D eigenvalue weighted by molar-refractivity contribution is -0.274. The molecular weight excluding hydrogens is 525 g/mol. The quantitative estimate of drug-likeness (QED) is 0.153. The Labute approximate surface area is 211 Å². The van der Waals surface area contributed by atoms with Gasteiger partial charge in [0.25, 0.3) is 5.91 Å². The summed E-state index contributed by atoms with van der Waals surface area (Å²) in [4.78, 5) is 15.9. The fourth-order valence-corrected chi connectivity index (χ4v) is 3.07. The van der Waals surface area contributed by atoms with Gasteiger partial charge in [-0.05, 0) is 61.3 Å². The summed E-state index contributed by atoms with van der Waals surface area (Å²) in [5, 5.41) is 8.19. The Morgan fingerprint density at radius 2 is 1.53 bits per heavy atom. The fraction of sp³-hybridized carbons (Fsp3) is 0.167. The summed E-state index contributed by atoms with van der Waals surface area (Å²) < 4.78 is 97.4. The maximum absolute atomic E-state index is 13.7. The highest BCUT2D eigenvalue weighted by Crippen LogP contribution is 2.33.